The van der Waals surface area contributed by atoms with Crippen LogP contribution in [0.15, 0.2) is 18.5 Å². The fourth-order valence-electron chi connectivity index (χ4n) is 3.97. The molecule has 0 N–H and O–H groups in total. The first-order valence-corrected chi connectivity index (χ1v) is 11.7. The number of nitrogens with zero attached hydrogens (tertiary/aromatic N) is 1. The number of unbranched alkanes of at least 4 members (excludes halogenated alkanes) is 15. The van der Waals surface area contributed by atoms with Gasteiger partial charge < -0.3 is 24.0 Å². The number of hydrogen-bond acceptors (Lipinski definition) is 0. The van der Waals surface area contributed by atoms with Gasteiger partial charge in [0.1, 0.15) is 6.54 Å². The molecule has 0 bridgehead atoms. The van der Waals surface area contributed by atoms with Gasteiger partial charge in [0.25, 0.3) is 0 Å². The van der Waals surface area contributed by atoms with E-state index < -0.39 is 0 Å². The van der Waals surface area contributed by atoms with Crippen LogP contribution in [0.2, 0.25) is 0 Å². The number of pyridine rings is 1. The largest absolute Gasteiger partial charge is 1.00 e. The van der Waals surface area contributed by atoms with E-state index >= 15 is 0 Å². The van der Waals surface area contributed by atoms with Crippen LogP contribution in [0, 0.1) is 13.8 Å². The fourth-order valence-corrected chi connectivity index (χ4v) is 3.97. The first-order chi connectivity index (χ1) is 12.7. The lowest BCUT2D eigenvalue weighted by atomic mass is 10.0. The Morgan fingerprint density at radius 2 is 0.889 bits per heavy atom. The Morgan fingerprint density at radius 1 is 0.556 bits per heavy atom. The standard InChI is InChI=1S/C25H46N.HI/c1-4-5-6-7-8-9-10-11-12-13-14-15-16-17-18-19-20-26-22-24(2)21-25(3)23-26;/h21-23H,4-20H2,1-3H3;1H/q+1;/p-1. The predicted octanol–water partition coefficient (Wildman–Crippen LogP) is 4.86. The Labute approximate surface area is 187 Å². The zero-order valence-corrected chi connectivity index (χ0v) is 20.7. The van der Waals surface area contributed by atoms with Crippen LogP contribution in [0.1, 0.15) is 121 Å². The van der Waals surface area contributed by atoms with Crippen LogP contribution in [0.4, 0.5) is 0 Å². The van der Waals surface area contributed by atoms with E-state index in [1.54, 1.807) is 0 Å². The summed E-state index contributed by atoms with van der Waals surface area (Å²) >= 11 is 0. The summed E-state index contributed by atoms with van der Waals surface area (Å²) in [6.45, 7) is 7.86. The second kappa shape index (κ2) is 19.2. The molecule has 158 valence electrons. The first kappa shape index (κ1) is 26.9. The molecule has 0 unspecified atom stereocenters. The number of aromatic nitrogens is 1. The highest BCUT2D eigenvalue weighted by molar-refractivity contribution is 5.11. The van der Waals surface area contributed by atoms with E-state index in [0.717, 1.165) is 0 Å². The minimum Gasteiger partial charge on any atom is -1.00 e. The Kier molecular flexibility index (Phi) is 19.1. The third-order valence-electron chi connectivity index (χ3n) is 5.46. The summed E-state index contributed by atoms with van der Waals surface area (Å²) < 4.78 is 2.37. The Balaban J connectivity index is 0.00000676. The molecular formula is C25H46IN. The quantitative estimate of drug-likeness (QED) is 0.168. The van der Waals surface area contributed by atoms with Gasteiger partial charge in [0, 0.05) is 17.5 Å². The monoisotopic (exact) mass is 487 g/mol. The molecule has 0 radical (unpaired) electrons. The minimum absolute atomic E-state index is 0. The van der Waals surface area contributed by atoms with Crippen molar-refractivity contribution >= 4 is 0 Å². The van der Waals surface area contributed by atoms with Gasteiger partial charge in [0.2, 0.25) is 0 Å². The van der Waals surface area contributed by atoms with E-state index in [9.17, 15) is 0 Å². The molecule has 0 saturated heterocycles. The normalized spacial score (nSPS) is 10.8. The lowest BCUT2D eigenvalue weighted by molar-refractivity contribution is -0.698. The topological polar surface area (TPSA) is 3.88 Å². The zero-order chi connectivity index (χ0) is 18.9. The SMILES string of the molecule is CCCCCCCCCCCCCCCCCC[n+]1cc(C)cc(C)c1.[I-]. The summed E-state index contributed by atoms with van der Waals surface area (Å²) in [6.07, 6.45) is 27.6. The van der Waals surface area contributed by atoms with Crippen LogP contribution in [0.25, 0.3) is 0 Å². The molecule has 0 saturated carbocycles. The molecule has 0 aliphatic carbocycles. The van der Waals surface area contributed by atoms with Gasteiger partial charge in [-0.3, -0.25) is 0 Å². The summed E-state index contributed by atoms with van der Waals surface area (Å²) in [4.78, 5) is 0. The lowest BCUT2D eigenvalue weighted by Crippen LogP contribution is -3.00. The molecule has 0 aliphatic heterocycles. The number of aryl methyl sites for hydroxylation is 3. The maximum Gasteiger partial charge on any atom is 0.171 e. The average Bonchev–Trinajstić information content (AvgIpc) is 2.60. The van der Waals surface area contributed by atoms with Crippen molar-refractivity contribution in [3.05, 3.63) is 29.6 Å². The van der Waals surface area contributed by atoms with Gasteiger partial charge in [-0.05, 0) is 26.3 Å². The fraction of sp³-hybridized carbons (Fsp3) is 0.800. The molecule has 2 heteroatoms. The molecule has 1 nitrogen and oxygen atoms in total. The first-order valence-electron chi connectivity index (χ1n) is 11.7. The molecule has 1 aromatic rings. The van der Waals surface area contributed by atoms with E-state index in [2.05, 4.69) is 43.8 Å². The van der Waals surface area contributed by atoms with Crippen molar-refractivity contribution in [2.45, 2.75) is 130 Å². The van der Waals surface area contributed by atoms with Crippen molar-refractivity contribution in [1.82, 2.24) is 0 Å². The van der Waals surface area contributed by atoms with E-state index in [1.807, 2.05) is 0 Å². The smallest absolute Gasteiger partial charge is 0.171 e. The van der Waals surface area contributed by atoms with Gasteiger partial charge in [0.15, 0.2) is 12.4 Å². The summed E-state index contributed by atoms with van der Waals surface area (Å²) in [5.41, 5.74) is 2.75. The zero-order valence-electron chi connectivity index (χ0n) is 18.6. The predicted molar refractivity (Wildman–Crippen MR) is 116 cm³/mol. The van der Waals surface area contributed by atoms with Crippen molar-refractivity contribution in [3.8, 4) is 0 Å². The molecular weight excluding hydrogens is 441 g/mol. The molecule has 1 aromatic heterocycles. The van der Waals surface area contributed by atoms with Crippen LogP contribution >= 0.6 is 0 Å². The van der Waals surface area contributed by atoms with Crippen molar-refractivity contribution in [1.29, 1.82) is 0 Å². The summed E-state index contributed by atoms with van der Waals surface area (Å²) in [5, 5.41) is 0. The molecule has 1 heterocycles. The molecule has 0 fully saturated rings. The highest BCUT2D eigenvalue weighted by Gasteiger charge is 2.02. The average molecular weight is 488 g/mol. The molecule has 1 rings (SSSR count). The third-order valence-corrected chi connectivity index (χ3v) is 5.46. The van der Waals surface area contributed by atoms with Crippen LogP contribution in [-0.4, -0.2) is 0 Å². The van der Waals surface area contributed by atoms with Gasteiger partial charge in [-0.25, -0.2) is 4.57 Å². The van der Waals surface area contributed by atoms with E-state index in [-0.39, 0.29) is 24.0 Å². The third kappa shape index (κ3) is 16.5. The lowest BCUT2D eigenvalue weighted by Gasteiger charge is -2.03. The summed E-state index contributed by atoms with van der Waals surface area (Å²) in [6, 6.07) is 2.25. The summed E-state index contributed by atoms with van der Waals surface area (Å²) in [5.74, 6) is 0. The Hall–Kier alpha value is -0.120. The molecule has 0 amide bonds. The van der Waals surface area contributed by atoms with Crippen LogP contribution in [0.5, 0.6) is 0 Å². The second-order valence-corrected chi connectivity index (χ2v) is 8.43. The Bertz CT molecular complexity index is 424. The van der Waals surface area contributed by atoms with Crippen LogP contribution in [0.3, 0.4) is 0 Å². The van der Waals surface area contributed by atoms with Crippen molar-refractivity contribution in [2.24, 2.45) is 0 Å². The summed E-state index contributed by atoms with van der Waals surface area (Å²) in [7, 11) is 0. The van der Waals surface area contributed by atoms with Crippen LogP contribution in [-0.2, 0) is 6.54 Å². The van der Waals surface area contributed by atoms with E-state index in [4.69, 9.17) is 0 Å². The van der Waals surface area contributed by atoms with Gasteiger partial charge >= 0.3 is 0 Å². The Morgan fingerprint density at radius 3 is 1.26 bits per heavy atom. The molecule has 0 atom stereocenters. The maximum absolute atomic E-state index is 2.37. The number of rotatable bonds is 17. The van der Waals surface area contributed by atoms with Gasteiger partial charge in [-0.15, -0.1) is 0 Å². The number of halogens is 1. The minimum atomic E-state index is 0. The van der Waals surface area contributed by atoms with Gasteiger partial charge in [-0.1, -0.05) is 96.8 Å². The van der Waals surface area contributed by atoms with Crippen molar-refractivity contribution in [2.75, 3.05) is 0 Å². The second-order valence-electron chi connectivity index (χ2n) is 8.43. The highest BCUT2D eigenvalue weighted by Crippen LogP contribution is 2.13. The van der Waals surface area contributed by atoms with Crippen LogP contribution < -0.4 is 28.5 Å². The molecule has 0 aromatic carbocycles. The van der Waals surface area contributed by atoms with Gasteiger partial charge in [0.05, 0.1) is 0 Å². The molecule has 0 spiro atoms. The van der Waals surface area contributed by atoms with E-state index in [0.29, 0.717) is 0 Å². The number of hydrogen-bond donors (Lipinski definition) is 0. The molecule has 0 aliphatic rings. The van der Waals surface area contributed by atoms with Crippen molar-refractivity contribution < 1.29 is 28.5 Å². The van der Waals surface area contributed by atoms with Crippen molar-refractivity contribution in [3.63, 3.8) is 0 Å². The van der Waals surface area contributed by atoms with Gasteiger partial charge in [-0.2, -0.15) is 0 Å². The maximum atomic E-state index is 2.37. The molecule has 27 heavy (non-hydrogen) atoms. The highest BCUT2D eigenvalue weighted by atomic mass is 127. The van der Waals surface area contributed by atoms with E-state index in [1.165, 1.54) is 120 Å².